The number of carbonyl (C=O) groups is 1. The summed E-state index contributed by atoms with van der Waals surface area (Å²) in [6.07, 6.45) is 0.433. The number of benzene rings is 2. The standard InChI is InChI=1S/C19H18FN5O5S/c20-16-6-1-12(22-11-26)7-15(16)17-8-31(29,30)19(18(21)23-17)9-24(10-19)13-2-4-14(5-3-13)25(27)28/h1-7,11,17H,8-10H2,(H2,21,23)(H,22,26). The highest BCUT2D eigenvalue weighted by atomic mass is 32.2. The molecule has 3 N–H and O–H groups in total. The topological polar surface area (TPSA) is 148 Å². The van der Waals surface area contributed by atoms with E-state index in [2.05, 4.69) is 10.3 Å². The second kappa shape index (κ2) is 7.30. The Morgan fingerprint density at radius 3 is 2.52 bits per heavy atom. The number of amides is 1. The Balaban J connectivity index is 1.60. The van der Waals surface area contributed by atoms with Crippen LogP contribution in [0.4, 0.5) is 21.5 Å². The van der Waals surface area contributed by atoms with Gasteiger partial charge in [0.05, 0.1) is 16.7 Å². The molecule has 10 nitrogen and oxygen atoms in total. The SMILES string of the molecule is NC1=NC(c2cc(NC=O)ccc2F)CS(=O)(=O)C12CN(c1ccc([N+](=O)[O-])cc1)C2. The van der Waals surface area contributed by atoms with E-state index in [1.807, 2.05) is 0 Å². The number of nitrogens with one attached hydrogen (secondary N) is 1. The second-order valence-electron chi connectivity index (χ2n) is 7.43. The molecule has 162 valence electrons. The monoisotopic (exact) mass is 447 g/mol. The van der Waals surface area contributed by atoms with E-state index >= 15 is 0 Å². The molecule has 0 aliphatic carbocycles. The number of nitrogens with two attached hydrogens (primary N) is 1. The third-order valence-corrected chi connectivity index (χ3v) is 8.05. The number of anilines is 2. The lowest BCUT2D eigenvalue weighted by Crippen LogP contribution is -2.73. The Morgan fingerprint density at radius 2 is 1.94 bits per heavy atom. The fourth-order valence-corrected chi connectivity index (χ4v) is 5.93. The lowest BCUT2D eigenvalue weighted by molar-refractivity contribution is -0.384. The summed E-state index contributed by atoms with van der Waals surface area (Å²) in [5.74, 6) is -1.18. The summed E-state index contributed by atoms with van der Waals surface area (Å²) in [6.45, 7) is 0.0921. The van der Waals surface area contributed by atoms with Gasteiger partial charge in [-0.05, 0) is 30.3 Å². The van der Waals surface area contributed by atoms with Gasteiger partial charge in [-0.15, -0.1) is 0 Å². The molecule has 0 radical (unpaired) electrons. The highest BCUT2D eigenvalue weighted by Crippen LogP contribution is 2.41. The number of hydrogen-bond acceptors (Lipinski definition) is 8. The maximum Gasteiger partial charge on any atom is 0.269 e. The second-order valence-corrected chi connectivity index (χ2v) is 9.78. The third kappa shape index (κ3) is 3.38. The number of carbonyl (C=O) groups excluding carboxylic acids is 1. The number of sulfone groups is 1. The first-order chi connectivity index (χ1) is 14.7. The van der Waals surface area contributed by atoms with E-state index in [0.29, 0.717) is 17.8 Å². The average Bonchev–Trinajstić information content (AvgIpc) is 2.67. The van der Waals surface area contributed by atoms with Crippen molar-refractivity contribution < 1.29 is 22.5 Å². The van der Waals surface area contributed by atoms with Crippen molar-refractivity contribution in [1.29, 1.82) is 0 Å². The third-order valence-electron chi connectivity index (χ3n) is 5.63. The fraction of sp³-hybridized carbons (Fsp3) is 0.263. The first-order valence-electron chi connectivity index (χ1n) is 9.22. The van der Waals surface area contributed by atoms with Crippen molar-refractivity contribution in [3.05, 3.63) is 64.0 Å². The Labute approximate surface area is 176 Å². The minimum absolute atomic E-state index is 0.0276. The van der Waals surface area contributed by atoms with Gasteiger partial charge in [-0.3, -0.25) is 19.9 Å². The Hall–Kier alpha value is -3.54. The molecule has 1 fully saturated rings. The molecule has 12 heteroatoms. The minimum atomic E-state index is -3.80. The van der Waals surface area contributed by atoms with Crippen molar-refractivity contribution in [2.45, 2.75) is 10.8 Å². The predicted octanol–water partition coefficient (Wildman–Crippen LogP) is 1.39. The van der Waals surface area contributed by atoms with Gasteiger partial charge < -0.3 is 16.0 Å². The van der Waals surface area contributed by atoms with E-state index in [-0.39, 0.29) is 30.2 Å². The average molecular weight is 447 g/mol. The summed E-state index contributed by atoms with van der Waals surface area (Å²) in [5, 5.41) is 13.2. The highest BCUT2D eigenvalue weighted by Gasteiger charge is 2.59. The van der Waals surface area contributed by atoms with E-state index in [1.165, 1.54) is 36.4 Å². The van der Waals surface area contributed by atoms with Gasteiger partial charge in [0.15, 0.2) is 14.6 Å². The molecule has 1 saturated heterocycles. The quantitative estimate of drug-likeness (QED) is 0.400. The minimum Gasteiger partial charge on any atom is -0.386 e. The molecule has 2 heterocycles. The van der Waals surface area contributed by atoms with Crippen LogP contribution in [-0.2, 0) is 14.6 Å². The normalized spacial score (nSPS) is 21.1. The number of halogens is 1. The number of hydrogen-bond donors (Lipinski definition) is 2. The first kappa shape index (κ1) is 20.7. The Kier molecular flexibility index (Phi) is 4.88. The van der Waals surface area contributed by atoms with Gasteiger partial charge in [0, 0.05) is 42.2 Å². The van der Waals surface area contributed by atoms with Crippen LogP contribution in [0.1, 0.15) is 11.6 Å². The molecule has 1 unspecified atom stereocenters. The molecule has 1 atom stereocenters. The van der Waals surface area contributed by atoms with Gasteiger partial charge in [-0.25, -0.2) is 12.8 Å². The molecule has 0 aromatic heterocycles. The molecule has 2 aromatic rings. The van der Waals surface area contributed by atoms with Crippen LogP contribution in [0.3, 0.4) is 0 Å². The number of rotatable bonds is 5. The zero-order valence-electron chi connectivity index (χ0n) is 16.1. The molecular weight excluding hydrogens is 429 g/mol. The van der Waals surface area contributed by atoms with E-state index in [1.54, 1.807) is 4.90 Å². The van der Waals surface area contributed by atoms with Gasteiger partial charge in [-0.1, -0.05) is 0 Å². The van der Waals surface area contributed by atoms with E-state index < -0.39 is 37.1 Å². The number of aliphatic imine (C=N–C) groups is 1. The van der Waals surface area contributed by atoms with Gasteiger partial charge in [0.1, 0.15) is 11.7 Å². The van der Waals surface area contributed by atoms with Crippen molar-refractivity contribution in [2.75, 3.05) is 29.1 Å². The van der Waals surface area contributed by atoms with Gasteiger partial charge in [0.25, 0.3) is 5.69 Å². The fourth-order valence-electron chi connectivity index (χ4n) is 3.86. The summed E-state index contributed by atoms with van der Waals surface area (Å²) in [7, 11) is -3.80. The van der Waals surface area contributed by atoms with Gasteiger partial charge in [0.2, 0.25) is 6.41 Å². The zero-order chi connectivity index (χ0) is 22.4. The summed E-state index contributed by atoms with van der Waals surface area (Å²) in [5.41, 5.74) is 6.99. The first-order valence-corrected chi connectivity index (χ1v) is 10.9. The molecule has 2 aromatic carbocycles. The number of non-ortho nitro benzene ring substituents is 1. The van der Waals surface area contributed by atoms with Crippen LogP contribution in [0.5, 0.6) is 0 Å². The Morgan fingerprint density at radius 1 is 1.26 bits per heavy atom. The van der Waals surface area contributed by atoms with Crippen molar-refractivity contribution >= 4 is 39.1 Å². The van der Waals surface area contributed by atoms with Crippen molar-refractivity contribution in [3.8, 4) is 0 Å². The molecule has 1 amide bonds. The molecular formula is C19H18FN5O5S. The smallest absolute Gasteiger partial charge is 0.269 e. The largest absolute Gasteiger partial charge is 0.386 e. The molecule has 4 rings (SSSR count). The summed E-state index contributed by atoms with van der Waals surface area (Å²) < 4.78 is 39.3. The number of nitro benzene ring substituents is 1. The van der Waals surface area contributed by atoms with E-state index in [9.17, 15) is 27.7 Å². The molecule has 2 aliphatic rings. The lowest BCUT2D eigenvalue weighted by atomic mass is 9.95. The molecule has 2 aliphatic heterocycles. The zero-order valence-corrected chi connectivity index (χ0v) is 16.9. The van der Waals surface area contributed by atoms with Crippen LogP contribution in [-0.4, -0.2) is 49.2 Å². The van der Waals surface area contributed by atoms with Crippen LogP contribution in [0.25, 0.3) is 0 Å². The molecule has 0 saturated carbocycles. The van der Waals surface area contributed by atoms with Crippen molar-refractivity contribution in [2.24, 2.45) is 10.7 Å². The number of nitrogens with zero attached hydrogens (tertiary/aromatic N) is 3. The summed E-state index contributed by atoms with van der Waals surface area (Å²) in [4.78, 5) is 27.0. The highest BCUT2D eigenvalue weighted by molar-refractivity contribution is 7.93. The van der Waals surface area contributed by atoms with Crippen LogP contribution >= 0.6 is 0 Å². The van der Waals surface area contributed by atoms with Gasteiger partial charge in [-0.2, -0.15) is 0 Å². The predicted molar refractivity (Wildman–Crippen MR) is 112 cm³/mol. The van der Waals surface area contributed by atoms with Crippen LogP contribution in [0.15, 0.2) is 47.5 Å². The summed E-state index contributed by atoms with van der Waals surface area (Å²) >= 11 is 0. The van der Waals surface area contributed by atoms with Crippen LogP contribution in [0.2, 0.25) is 0 Å². The lowest BCUT2D eigenvalue weighted by Gasteiger charge is -2.51. The Bertz CT molecular complexity index is 1190. The maximum absolute atomic E-state index is 14.4. The molecule has 1 spiro atoms. The maximum atomic E-state index is 14.4. The molecule has 0 bridgehead atoms. The molecule has 31 heavy (non-hydrogen) atoms. The van der Waals surface area contributed by atoms with Crippen molar-refractivity contribution in [3.63, 3.8) is 0 Å². The number of nitro groups is 1. The van der Waals surface area contributed by atoms with Crippen molar-refractivity contribution in [1.82, 2.24) is 0 Å². The van der Waals surface area contributed by atoms with Crippen LogP contribution < -0.4 is 16.0 Å². The van der Waals surface area contributed by atoms with E-state index in [4.69, 9.17) is 5.73 Å². The summed E-state index contributed by atoms with van der Waals surface area (Å²) in [6, 6.07) is 8.55. The number of amidine groups is 1. The van der Waals surface area contributed by atoms with Gasteiger partial charge >= 0.3 is 0 Å². The van der Waals surface area contributed by atoms with Crippen LogP contribution in [0, 0.1) is 15.9 Å². The van der Waals surface area contributed by atoms with E-state index in [0.717, 1.165) is 6.07 Å².